The minimum Gasteiger partial charge on any atom is -0.418 e. The second-order valence-corrected chi connectivity index (χ2v) is 6.56. The quantitative estimate of drug-likeness (QED) is 0.782. The molecule has 2 heterocycles. The molecule has 0 aliphatic heterocycles. The van der Waals surface area contributed by atoms with Gasteiger partial charge in [-0.1, -0.05) is 36.4 Å². The van der Waals surface area contributed by atoms with Crippen molar-refractivity contribution in [2.45, 2.75) is 24.8 Å². The normalized spacial score (nSPS) is 15.3. The lowest BCUT2D eigenvalue weighted by molar-refractivity contribution is -0.123. The van der Waals surface area contributed by atoms with E-state index >= 15 is 0 Å². The van der Waals surface area contributed by atoms with Gasteiger partial charge in [0.2, 0.25) is 11.8 Å². The lowest BCUT2D eigenvalue weighted by Gasteiger charge is -2.14. The average molecular weight is 325 g/mol. The van der Waals surface area contributed by atoms with Gasteiger partial charge in [0.25, 0.3) is 5.89 Å². The predicted octanol–water partition coefficient (Wildman–Crippen LogP) is 3.15. The zero-order valence-corrected chi connectivity index (χ0v) is 13.2. The first-order chi connectivity index (χ1) is 11.3. The lowest BCUT2D eigenvalue weighted by atomic mass is 9.95. The molecule has 1 fully saturated rings. The van der Waals surface area contributed by atoms with E-state index in [9.17, 15) is 4.79 Å². The molecule has 0 atom stereocenters. The lowest BCUT2D eigenvalue weighted by Crippen LogP contribution is -2.34. The summed E-state index contributed by atoms with van der Waals surface area (Å²) in [6.45, 7) is 0.256. The Morgan fingerprint density at radius 1 is 1.17 bits per heavy atom. The number of nitrogens with one attached hydrogen (secondary N) is 1. The van der Waals surface area contributed by atoms with Crippen molar-refractivity contribution in [2.75, 3.05) is 0 Å². The van der Waals surface area contributed by atoms with Gasteiger partial charge in [-0.05, 0) is 29.9 Å². The van der Waals surface area contributed by atoms with Gasteiger partial charge in [0, 0.05) is 0 Å². The van der Waals surface area contributed by atoms with E-state index in [0.29, 0.717) is 11.8 Å². The van der Waals surface area contributed by atoms with Crippen LogP contribution in [-0.4, -0.2) is 16.1 Å². The molecule has 0 radical (unpaired) electrons. The topological polar surface area (TPSA) is 68.0 Å². The summed E-state index contributed by atoms with van der Waals surface area (Å²) in [4.78, 5) is 13.5. The van der Waals surface area contributed by atoms with Crippen LogP contribution in [0.1, 0.15) is 24.3 Å². The first-order valence-electron chi connectivity index (χ1n) is 7.48. The molecule has 0 spiro atoms. The molecule has 1 aromatic carbocycles. The third kappa shape index (κ3) is 2.66. The van der Waals surface area contributed by atoms with Gasteiger partial charge in [0.15, 0.2) is 0 Å². The highest BCUT2D eigenvalue weighted by Gasteiger charge is 2.51. The van der Waals surface area contributed by atoms with Crippen molar-refractivity contribution in [3.63, 3.8) is 0 Å². The smallest absolute Gasteiger partial charge is 0.257 e. The molecule has 2 aromatic heterocycles. The Morgan fingerprint density at radius 2 is 2.00 bits per heavy atom. The number of aromatic nitrogens is 2. The Bertz CT molecular complexity index is 808. The van der Waals surface area contributed by atoms with E-state index in [0.717, 1.165) is 23.3 Å². The fraction of sp³-hybridized carbons (Fsp3) is 0.235. The van der Waals surface area contributed by atoms with Crippen LogP contribution in [0.3, 0.4) is 0 Å². The van der Waals surface area contributed by atoms with Crippen LogP contribution < -0.4 is 5.32 Å². The van der Waals surface area contributed by atoms with Gasteiger partial charge in [-0.3, -0.25) is 4.79 Å². The second-order valence-electron chi connectivity index (χ2n) is 5.61. The summed E-state index contributed by atoms with van der Waals surface area (Å²) >= 11 is 1.54. The third-order valence-corrected chi connectivity index (χ3v) is 4.97. The van der Waals surface area contributed by atoms with E-state index in [2.05, 4.69) is 15.5 Å². The number of hydrogen-bond acceptors (Lipinski definition) is 5. The van der Waals surface area contributed by atoms with Gasteiger partial charge < -0.3 is 9.73 Å². The zero-order chi connectivity index (χ0) is 15.7. The van der Waals surface area contributed by atoms with E-state index in [4.69, 9.17) is 4.42 Å². The number of amides is 1. The monoisotopic (exact) mass is 325 g/mol. The number of benzene rings is 1. The van der Waals surface area contributed by atoms with Crippen LogP contribution in [0.4, 0.5) is 0 Å². The maximum absolute atomic E-state index is 12.5. The molecule has 4 rings (SSSR count). The van der Waals surface area contributed by atoms with Gasteiger partial charge in [-0.2, -0.15) is 0 Å². The summed E-state index contributed by atoms with van der Waals surface area (Å²) in [5.41, 5.74) is 0.694. The van der Waals surface area contributed by atoms with Crippen LogP contribution in [0.2, 0.25) is 0 Å². The molecule has 0 unspecified atom stereocenters. The standard InChI is InChI=1S/C17H15N3O2S/c21-16(17(8-9-17)12-5-2-1-3-6-12)18-11-14-19-20-15(22-14)13-7-4-10-23-13/h1-7,10H,8-9,11H2,(H,18,21). The molecule has 116 valence electrons. The molecule has 0 bridgehead atoms. The summed E-state index contributed by atoms with van der Waals surface area (Å²) < 4.78 is 5.59. The summed E-state index contributed by atoms with van der Waals surface area (Å²) in [7, 11) is 0. The number of nitrogens with zero attached hydrogens (tertiary/aromatic N) is 2. The summed E-state index contributed by atoms with van der Waals surface area (Å²) in [6, 6.07) is 13.8. The van der Waals surface area contributed by atoms with Crippen LogP contribution in [0.15, 0.2) is 52.3 Å². The Balaban J connectivity index is 1.43. The first-order valence-corrected chi connectivity index (χ1v) is 8.36. The van der Waals surface area contributed by atoms with E-state index in [-0.39, 0.29) is 17.9 Å². The van der Waals surface area contributed by atoms with Gasteiger partial charge >= 0.3 is 0 Å². The van der Waals surface area contributed by atoms with Crippen molar-refractivity contribution in [1.82, 2.24) is 15.5 Å². The molecule has 1 N–H and O–H groups in total. The van der Waals surface area contributed by atoms with Crippen molar-refractivity contribution >= 4 is 17.2 Å². The number of carbonyl (C=O) groups excluding carboxylic acids is 1. The van der Waals surface area contributed by atoms with Crippen molar-refractivity contribution in [1.29, 1.82) is 0 Å². The number of carbonyl (C=O) groups is 1. The van der Waals surface area contributed by atoms with E-state index in [1.165, 1.54) is 0 Å². The van der Waals surface area contributed by atoms with Crippen LogP contribution >= 0.6 is 11.3 Å². The van der Waals surface area contributed by atoms with Crippen LogP contribution in [0.5, 0.6) is 0 Å². The van der Waals surface area contributed by atoms with Crippen LogP contribution in [0, 0.1) is 0 Å². The summed E-state index contributed by atoms with van der Waals surface area (Å²) in [6.07, 6.45) is 1.76. The number of hydrogen-bond donors (Lipinski definition) is 1. The van der Waals surface area contributed by atoms with Gasteiger partial charge in [-0.25, -0.2) is 0 Å². The first kappa shape index (κ1) is 14.1. The highest BCUT2D eigenvalue weighted by molar-refractivity contribution is 7.13. The zero-order valence-electron chi connectivity index (χ0n) is 12.4. The van der Waals surface area contributed by atoms with Crippen LogP contribution in [0.25, 0.3) is 10.8 Å². The summed E-state index contributed by atoms with van der Waals surface area (Å²) in [5, 5.41) is 12.9. The van der Waals surface area contributed by atoms with E-state index in [1.54, 1.807) is 11.3 Å². The molecular weight excluding hydrogens is 310 g/mol. The van der Waals surface area contributed by atoms with E-state index < -0.39 is 0 Å². The Labute approximate surface area is 137 Å². The van der Waals surface area contributed by atoms with Crippen molar-refractivity contribution in [2.24, 2.45) is 0 Å². The van der Waals surface area contributed by atoms with Crippen molar-refractivity contribution in [3.8, 4) is 10.8 Å². The molecule has 6 heteroatoms. The van der Waals surface area contributed by atoms with Crippen molar-refractivity contribution < 1.29 is 9.21 Å². The number of thiophene rings is 1. The van der Waals surface area contributed by atoms with Gasteiger partial charge in [-0.15, -0.1) is 21.5 Å². The van der Waals surface area contributed by atoms with Gasteiger partial charge in [0.1, 0.15) is 0 Å². The molecule has 1 aliphatic rings. The molecule has 23 heavy (non-hydrogen) atoms. The Hall–Kier alpha value is -2.47. The molecule has 1 amide bonds. The maximum Gasteiger partial charge on any atom is 0.257 e. The average Bonchev–Trinajstić information content (AvgIpc) is 3.00. The second kappa shape index (κ2) is 5.62. The highest BCUT2D eigenvalue weighted by Crippen LogP contribution is 2.48. The maximum atomic E-state index is 12.5. The van der Waals surface area contributed by atoms with Gasteiger partial charge in [0.05, 0.1) is 16.8 Å². The molecule has 5 nitrogen and oxygen atoms in total. The molecule has 1 saturated carbocycles. The summed E-state index contributed by atoms with van der Waals surface area (Å²) in [5.74, 6) is 0.943. The molecule has 0 saturated heterocycles. The van der Waals surface area contributed by atoms with Crippen LogP contribution in [-0.2, 0) is 16.8 Å². The third-order valence-electron chi connectivity index (χ3n) is 4.11. The Morgan fingerprint density at radius 3 is 2.70 bits per heavy atom. The predicted molar refractivity (Wildman–Crippen MR) is 86.8 cm³/mol. The minimum absolute atomic E-state index is 0.0274. The Kier molecular flexibility index (Phi) is 3.46. The molecular formula is C17H15N3O2S. The fourth-order valence-corrected chi connectivity index (χ4v) is 3.32. The minimum atomic E-state index is -0.377. The van der Waals surface area contributed by atoms with E-state index in [1.807, 2.05) is 47.8 Å². The largest absolute Gasteiger partial charge is 0.418 e. The highest BCUT2D eigenvalue weighted by atomic mass is 32.1. The fourth-order valence-electron chi connectivity index (χ4n) is 2.68. The molecule has 3 aromatic rings. The molecule has 1 aliphatic carbocycles. The van der Waals surface area contributed by atoms with Crippen molar-refractivity contribution in [3.05, 3.63) is 59.3 Å². The SMILES string of the molecule is O=C(NCc1nnc(-c2cccs2)o1)C1(c2ccccc2)CC1. The number of rotatable bonds is 5.